The van der Waals surface area contributed by atoms with Crippen LogP contribution in [0.25, 0.3) is 0 Å². The summed E-state index contributed by atoms with van der Waals surface area (Å²) in [4.78, 5) is 17.5. The Morgan fingerprint density at radius 2 is 2.44 bits per heavy atom. The summed E-state index contributed by atoms with van der Waals surface area (Å²) in [7, 11) is 0. The van der Waals surface area contributed by atoms with Gasteiger partial charge in [0.25, 0.3) is 5.56 Å². The molecule has 2 atom stereocenters. The average molecular weight is 244 g/mol. The molecule has 1 rings (SSSR count). The van der Waals surface area contributed by atoms with Crippen molar-refractivity contribution in [2.24, 2.45) is 0 Å². The van der Waals surface area contributed by atoms with Crippen LogP contribution in [0.4, 0.5) is 11.5 Å². The van der Waals surface area contributed by atoms with E-state index in [9.17, 15) is 4.79 Å². The highest BCUT2D eigenvalue weighted by atomic mass is 32.2. The summed E-state index contributed by atoms with van der Waals surface area (Å²) >= 11 is 1.54. The van der Waals surface area contributed by atoms with Crippen molar-refractivity contribution in [3.8, 4) is 0 Å². The molecule has 0 aromatic carbocycles. The minimum atomic E-state index is -0.366. The third kappa shape index (κ3) is 2.89. The van der Waals surface area contributed by atoms with E-state index < -0.39 is 0 Å². The number of rotatable bonds is 5. The van der Waals surface area contributed by atoms with Gasteiger partial charge in [-0.15, -0.1) is 0 Å². The van der Waals surface area contributed by atoms with Crippen molar-refractivity contribution < 1.29 is 5.11 Å². The number of nitrogens with one attached hydrogen (secondary N) is 2. The molecule has 0 aliphatic heterocycles. The third-order valence-electron chi connectivity index (χ3n) is 2.29. The number of anilines is 2. The molecule has 1 aromatic heterocycles. The zero-order valence-electron chi connectivity index (χ0n) is 9.23. The van der Waals surface area contributed by atoms with Crippen molar-refractivity contribution in [3.63, 3.8) is 0 Å². The molecule has 1 heterocycles. The number of hydrogen-bond acceptors (Lipinski definition) is 6. The van der Waals surface area contributed by atoms with Gasteiger partial charge in [-0.3, -0.25) is 4.79 Å². The standard InChI is InChI=1S/C9H16N4O2S/c1-5(6(3-14)16-2)13-8-7(10)9(15)12-4-11-8/h4-6,14H,3,10H2,1-2H3,(H2,11,12,13,15). The number of nitrogens with zero attached hydrogens (tertiary/aromatic N) is 1. The zero-order valence-corrected chi connectivity index (χ0v) is 10.0. The van der Waals surface area contributed by atoms with Crippen molar-refractivity contribution in [2.75, 3.05) is 23.9 Å². The number of nitrogens with two attached hydrogens (primary N) is 1. The normalized spacial score (nSPS) is 14.4. The molecule has 1 aromatic rings. The van der Waals surface area contributed by atoms with Gasteiger partial charge in [0.15, 0.2) is 5.82 Å². The van der Waals surface area contributed by atoms with E-state index in [1.54, 1.807) is 11.8 Å². The van der Waals surface area contributed by atoms with Crippen molar-refractivity contribution in [3.05, 3.63) is 16.7 Å². The largest absolute Gasteiger partial charge is 0.395 e. The van der Waals surface area contributed by atoms with Crippen LogP contribution in [0.2, 0.25) is 0 Å². The molecule has 6 nitrogen and oxygen atoms in total. The number of aliphatic hydroxyl groups excluding tert-OH is 1. The molecule has 16 heavy (non-hydrogen) atoms. The Morgan fingerprint density at radius 3 is 3.00 bits per heavy atom. The predicted octanol–water partition coefficient (Wildman–Crippen LogP) is -0.124. The Hall–Kier alpha value is -1.21. The molecule has 5 N–H and O–H groups in total. The Labute approximate surface area is 97.7 Å². The van der Waals surface area contributed by atoms with E-state index in [1.165, 1.54) is 6.33 Å². The quantitative estimate of drug-likeness (QED) is 0.575. The Balaban J connectivity index is 2.80. The number of aliphatic hydroxyl groups is 1. The molecule has 0 fully saturated rings. The van der Waals surface area contributed by atoms with Gasteiger partial charge in [0, 0.05) is 11.3 Å². The highest BCUT2D eigenvalue weighted by Crippen LogP contribution is 2.16. The lowest BCUT2D eigenvalue weighted by Gasteiger charge is -2.22. The van der Waals surface area contributed by atoms with Gasteiger partial charge < -0.3 is 21.1 Å². The summed E-state index contributed by atoms with van der Waals surface area (Å²) in [6.45, 7) is 1.96. The third-order valence-corrected chi connectivity index (χ3v) is 3.46. The van der Waals surface area contributed by atoms with Crippen molar-refractivity contribution >= 4 is 23.3 Å². The fraction of sp³-hybridized carbons (Fsp3) is 0.556. The second kappa shape index (κ2) is 5.76. The van der Waals surface area contributed by atoms with Crippen LogP contribution in [0.3, 0.4) is 0 Å². The van der Waals surface area contributed by atoms with Gasteiger partial charge >= 0.3 is 0 Å². The lowest BCUT2D eigenvalue weighted by Crippen LogP contribution is -2.32. The van der Waals surface area contributed by atoms with Gasteiger partial charge in [-0.05, 0) is 13.2 Å². The summed E-state index contributed by atoms with van der Waals surface area (Å²) in [5.41, 5.74) is 5.27. The first-order valence-corrected chi connectivity index (χ1v) is 6.12. The predicted molar refractivity (Wildman–Crippen MR) is 66.7 cm³/mol. The van der Waals surface area contributed by atoms with Gasteiger partial charge in [0.2, 0.25) is 0 Å². The Kier molecular flexibility index (Phi) is 4.63. The summed E-state index contributed by atoms with van der Waals surface area (Å²) in [5.74, 6) is 0.351. The van der Waals surface area contributed by atoms with E-state index in [4.69, 9.17) is 10.8 Å². The molecule has 7 heteroatoms. The molecule has 2 unspecified atom stereocenters. The van der Waals surface area contributed by atoms with E-state index in [1.807, 2.05) is 13.2 Å². The van der Waals surface area contributed by atoms with Gasteiger partial charge in [0.05, 0.1) is 12.9 Å². The fourth-order valence-electron chi connectivity index (χ4n) is 1.27. The highest BCUT2D eigenvalue weighted by molar-refractivity contribution is 7.99. The summed E-state index contributed by atoms with van der Waals surface area (Å²) in [6, 6.07) is -0.0309. The van der Waals surface area contributed by atoms with E-state index in [0.717, 1.165) is 0 Å². The first-order chi connectivity index (χ1) is 7.60. The molecule has 0 spiro atoms. The number of aromatic nitrogens is 2. The van der Waals surface area contributed by atoms with E-state index in [0.29, 0.717) is 5.82 Å². The molecule has 0 bridgehead atoms. The fourth-order valence-corrected chi connectivity index (χ4v) is 1.90. The van der Waals surface area contributed by atoms with E-state index in [2.05, 4.69) is 15.3 Å². The van der Waals surface area contributed by atoms with Crippen molar-refractivity contribution in [1.29, 1.82) is 0 Å². The molecule has 0 radical (unpaired) electrons. The maximum absolute atomic E-state index is 11.2. The highest BCUT2D eigenvalue weighted by Gasteiger charge is 2.16. The van der Waals surface area contributed by atoms with Crippen molar-refractivity contribution in [2.45, 2.75) is 18.2 Å². The summed E-state index contributed by atoms with van der Waals surface area (Å²) in [5, 5.41) is 12.2. The SMILES string of the molecule is CSC(CO)C(C)Nc1nc[nH]c(=O)c1N. The van der Waals surface area contributed by atoms with Crippen LogP contribution in [-0.4, -0.2) is 39.2 Å². The number of H-pyrrole nitrogens is 1. The van der Waals surface area contributed by atoms with Crippen LogP contribution >= 0.6 is 11.8 Å². The summed E-state index contributed by atoms with van der Waals surface area (Å²) in [6.07, 6.45) is 3.20. The van der Waals surface area contributed by atoms with Crippen molar-refractivity contribution in [1.82, 2.24) is 9.97 Å². The maximum Gasteiger partial charge on any atom is 0.276 e. The van der Waals surface area contributed by atoms with E-state index in [-0.39, 0.29) is 29.1 Å². The molecule has 0 aliphatic carbocycles. The lowest BCUT2D eigenvalue weighted by molar-refractivity contribution is 0.288. The van der Waals surface area contributed by atoms with Crippen LogP contribution in [0, 0.1) is 0 Å². The van der Waals surface area contributed by atoms with Gasteiger partial charge in [-0.1, -0.05) is 0 Å². The van der Waals surface area contributed by atoms with Gasteiger partial charge in [-0.2, -0.15) is 11.8 Å². The van der Waals surface area contributed by atoms with Crippen LogP contribution in [0.5, 0.6) is 0 Å². The molecule has 0 amide bonds. The molecule has 0 saturated heterocycles. The second-order valence-corrected chi connectivity index (χ2v) is 4.46. The first kappa shape index (κ1) is 12.9. The molecule has 0 aliphatic rings. The Bertz CT molecular complexity index is 391. The van der Waals surface area contributed by atoms with E-state index >= 15 is 0 Å². The molecule has 90 valence electrons. The smallest absolute Gasteiger partial charge is 0.276 e. The molecular weight excluding hydrogens is 228 g/mol. The summed E-state index contributed by atoms with van der Waals surface area (Å²) < 4.78 is 0. The lowest BCUT2D eigenvalue weighted by atomic mass is 10.2. The van der Waals surface area contributed by atoms with Gasteiger partial charge in [0.1, 0.15) is 5.69 Å². The zero-order chi connectivity index (χ0) is 12.1. The average Bonchev–Trinajstić information content (AvgIpc) is 2.26. The van der Waals surface area contributed by atoms with Crippen LogP contribution in [0.15, 0.2) is 11.1 Å². The molecular formula is C9H16N4O2S. The maximum atomic E-state index is 11.2. The van der Waals surface area contributed by atoms with Gasteiger partial charge in [-0.25, -0.2) is 4.98 Å². The van der Waals surface area contributed by atoms with Crippen LogP contribution in [0.1, 0.15) is 6.92 Å². The van der Waals surface area contributed by atoms with Crippen LogP contribution < -0.4 is 16.6 Å². The number of thioether (sulfide) groups is 1. The topological polar surface area (TPSA) is 104 Å². The number of nitrogen functional groups attached to an aromatic ring is 1. The molecule has 0 saturated carbocycles. The number of aromatic amines is 1. The minimum absolute atomic E-state index is 0.0282. The Morgan fingerprint density at radius 1 is 1.75 bits per heavy atom. The minimum Gasteiger partial charge on any atom is -0.395 e. The van der Waals surface area contributed by atoms with Crippen LogP contribution in [-0.2, 0) is 0 Å². The monoisotopic (exact) mass is 244 g/mol. The second-order valence-electron chi connectivity index (χ2n) is 3.38. The first-order valence-electron chi connectivity index (χ1n) is 4.83. The number of hydrogen-bond donors (Lipinski definition) is 4.